The Balaban J connectivity index is 2.64. The number of ether oxygens (including phenoxy) is 2. The molecule has 1 aromatic rings. The van der Waals surface area contributed by atoms with Crippen molar-refractivity contribution >= 4 is 0 Å². The third kappa shape index (κ3) is 4.02. The van der Waals surface area contributed by atoms with Gasteiger partial charge in [0.15, 0.2) is 0 Å². The van der Waals surface area contributed by atoms with Crippen LogP contribution >= 0.6 is 0 Å². The smallest absolute Gasteiger partial charge is 0.250 e. The van der Waals surface area contributed by atoms with Gasteiger partial charge in [0.2, 0.25) is 0 Å². The molecule has 0 fully saturated rings. The topological polar surface area (TPSA) is 30.5 Å². The Morgan fingerprint density at radius 2 is 1.69 bits per heavy atom. The maximum Gasteiger partial charge on any atom is 0.250 e. The Labute approximate surface area is 93.4 Å². The van der Waals surface area contributed by atoms with E-state index >= 15 is 0 Å². The van der Waals surface area contributed by atoms with E-state index in [2.05, 4.69) is 5.32 Å². The van der Waals surface area contributed by atoms with Crippen molar-refractivity contribution in [1.82, 2.24) is 5.32 Å². The van der Waals surface area contributed by atoms with E-state index in [0.29, 0.717) is 18.0 Å². The van der Waals surface area contributed by atoms with Crippen LogP contribution in [-0.2, 0) is 6.54 Å². The standard InChI is InChI=1S/C11H15F2NO2/c1-15-9-3-8(4-10(5-9)16-2)6-14-7-11(12)13/h3-5,11,14H,6-7H2,1-2H3. The Morgan fingerprint density at radius 1 is 1.12 bits per heavy atom. The highest BCUT2D eigenvalue weighted by Crippen LogP contribution is 2.22. The van der Waals surface area contributed by atoms with Crippen molar-refractivity contribution in [1.29, 1.82) is 0 Å². The highest BCUT2D eigenvalue weighted by Gasteiger charge is 2.04. The van der Waals surface area contributed by atoms with E-state index in [9.17, 15) is 8.78 Å². The molecule has 1 aromatic carbocycles. The highest BCUT2D eigenvalue weighted by atomic mass is 19.3. The van der Waals surface area contributed by atoms with Gasteiger partial charge in [0.25, 0.3) is 6.43 Å². The van der Waals surface area contributed by atoms with Crippen LogP contribution < -0.4 is 14.8 Å². The zero-order valence-corrected chi connectivity index (χ0v) is 9.30. The molecular formula is C11H15F2NO2. The summed E-state index contributed by atoms with van der Waals surface area (Å²) in [6, 6.07) is 5.29. The molecule has 0 aliphatic rings. The maximum atomic E-state index is 11.9. The summed E-state index contributed by atoms with van der Waals surface area (Å²) in [4.78, 5) is 0. The lowest BCUT2D eigenvalue weighted by atomic mass is 10.2. The monoisotopic (exact) mass is 231 g/mol. The first-order valence-electron chi connectivity index (χ1n) is 4.86. The van der Waals surface area contributed by atoms with Gasteiger partial charge in [-0.25, -0.2) is 8.78 Å². The zero-order chi connectivity index (χ0) is 12.0. The first-order chi connectivity index (χ1) is 7.65. The lowest BCUT2D eigenvalue weighted by Crippen LogP contribution is -2.20. The minimum atomic E-state index is -2.34. The van der Waals surface area contributed by atoms with Gasteiger partial charge in [-0.1, -0.05) is 0 Å². The molecule has 0 amide bonds. The van der Waals surface area contributed by atoms with Crippen molar-refractivity contribution < 1.29 is 18.3 Å². The SMILES string of the molecule is COc1cc(CNCC(F)F)cc(OC)c1. The van der Waals surface area contributed by atoms with Gasteiger partial charge in [-0.05, 0) is 17.7 Å². The predicted molar refractivity (Wildman–Crippen MR) is 57.3 cm³/mol. The molecule has 0 aromatic heterocycles. The van der Waals surface area contributed by atoms with Gasteiger partial charge >= 0.3 is 0 Å². The van der Waals surface area contributed by atoms with Gasteiger partial charge < -0.3 is 14.8 Å². The van der Waals surface area contributed by atoms with Gasteiger partial charge in [0, 0.05) is 12.6 Å². The number of rotatable bonds is 6. The van der Waals surface area contributed by atoms with Gasteiger partial charge in [0.1, 0.15) is 11.5 Å². The molecule has 0 saturated carbocycles. The fourth-order valence-electron chi connectivity index (χ4n) is 1.29. The van der Waals surface area contributed by atoms with Crippen LogP contribution in [0.1, 0.15) is 5.56 Å². The van der Waals surface area contributed by atoms with Crippen molar-refractivity contribution in [3.05, 3.63) is 23.8 Å². The summed E-state index contributed by atoms with van der Waals surface area (Å²) in [5, 5.41) is 2.64. The van der Waals surface area contributed by atoms with E-state index in [-0.39, 0.29) is 6.54 Å². The number of alkyl halides is 2. The first-order valence-corrected chi connectivity index (χ1v) is 4.86. The van der Waals surface area contributed by atoms with Gasteiger partial charge in [-0.15, -0.1) is 0 Å². The summed E-state index contributed by atoms with van der Waals surface area (Å²) in [7, 11) is 3.09. The fraction of sp³-hybridized carbons (Fsp3) is 0.455. The Morgan fingerprint density at radius 3 is 2.12 bits per heavy atom. The number of hydrogen-bond acceptors (Lipinski definition) is 3. The third-order valence-electron chi connectivity index (χ3n) is 2.04. The Bertz CT molecular complexity index is 310. The molecule has 0 saturated heterocycles. The van der Waals surface area contributed by atoms with E-state index < -0.39 is 6.43 Å². The quantitative estimate of drug-likeness (QED) is 0.812. The van der Waals surface area contributed by atoms with Crippen LogP contribution in [0.25, 0.3) is 0 Å². The van der Waals surface area contributed by atoms with E-state index in [0.717, 1.165) is 5.56 Å². The lowest BCUT2D eigenvalue weighted by molar-refractivity contribution is 0.145. The van der Waals surface area contributed by atoms with Crippen LogP contribution in [0.5, 0.6) is 11.5 Å². The predicted octanol–water partition coefficient (Wildman–Crippen LogP) is 2.06. The van der Waals surface area contributed by atoms with E-state index in [1.807, 2.05) is 0 Å². The molecule has 0 aliphatic heterocycles. The summed E-state index contributed by atoms with van der Waals surface area (Å²) < 4.78 is 34.0. The van der Waals surface area contributed by atoms with Crippen molar-refractivity contribution in [3.8, 4) is 11.5 Å². The second-order valence-electron chi connectivity index (χ2n) is 3.24. The first kappa shape index (κ1) is 12.7. The average molecular weight is 231 g/mol. The molecule has 5 heteroatoms. The summed E-state index contributed by atoms with van der Waals surface area (Å²) in [6.45, 7) is 0.0391. The molecule has 0 bridgehead atoms. The molecule has 3 nitrogen and oxygen atoms in total. The van der Waals surface area contributed by atoms with E-state index in [4.69, 9.17) is 9.47 Å². The Kier molecular flexibility index (Phi) is 4.98. The van der Waals surface area contributed by atoms with Gasteiger partial charge in [-0.2, -0.15) is 0 Å². The van der Waals surface area contributed by atoms with Crippen LogP contribution in [0, 0.1) is 0 Å². The number of methoxy groups -OCH3 is 2. The molecule has 0 unspecified atom stereocenters. The summed E-state index contributed by atoms with van der Waals surface area (Å²) >= 11 is 0. The highest BCUT2D eigenvalue weighted by molar-refractivity contribution is 5.38. The lowest BCUT2D eigenvalue weighted by Gasteiger charge is -2.09. The number of hydrogen-bond donors (Lipinski definition) is 1. The molecular weight excluding hydrogens is 216 g/mol. The molecule has 90 valence electrons. The van der Waals surface area contributed by atoms with Crippen molar-refractivity contribution in [2.45, 2.75) is 13.0 Å². The molecule has 0 spiro atoms. The minimum absolute atomic E-state index is 0.320. The molecule has 0 heterocycles. The van der Waals surface area contributed by atoms with Crippen molar-refractivity contribution in [3.63, 3.8) is 0 Å². The Hall–Kier alpha value is -1.36. The number of benzene rings is 1. The van der Waals surface area contributed by atoms with Gasteiger partial charge in [-0.3, -0.25) is 0 Å². The maximum absolute atomic E-state index is 11.9. The largest absolute Gasteiger partial charge is 0.497 e. The normalized spacial score (nSPS) is 10.6. The minimum Gasteiger partial charge on any atom is -0.497 e. The molecule has 1 rings (SSSR count). The molecule has 16 heavy (non-hydrogen) atoms. The average Bonchev–Trinajstić information content (AvgIpc) is 2.28. The summed E-state index contributed by atoms with van der Waals surface area (Å²) in [5.41, 5.74) is 0.844. The van der Waals surface area contributed by atoms with Crippen LogP contribution in [0.15, 0.2) is 18.2 Å². The molecule has 0 atom stereocenters. The molecule has 0 aliphatic carbocycles. The molecule has 0 radical (unpaired) electrons. The third-order valence-corrected chi connectivity index (χ3v) is 2.04. The number of halogens is 2. The van der Waals surface area contributed by atoms with Crippen molar-refractivity contribution in [2.75, 3.05) is 20.8 Å². The molecule has 1 N–H and O–H groups in total. The van der Waals surface area contributed by atoms with Crippen LogP contribution in [0.4, 0.5) is 8.78 Å². The van der Waals surface area contributed by atoms with Crippen LogP contribution in [0.2, 0.25) is 0 Å². The van der Waals surface area contributed by atoms with E-state index in [1.165, 1.54) is 0 Å². The van der Waals surface area contributed by atoms with Crippen LogP contribution in [-0.4, -0.2) is 27.2 Å². The number of nitrogens with one attached hydrogen (secondary N) is 1. The fourth-order valence-corrected chi connectivity index (χ4v) is 1.29. The second kappa shape index (κ2) is 6.27. The zero-order valence-electron chi connectivity index (χ0n) is 9.30. The second-order valence-corrected chi connectivity index (χ2v) is 3.24. The summed E-state index contributed by atoms with van der Waals surface area (Å²) in [6.07, 6.45) is -2.34. The van der Waals surface area contributed by atoms with Crippen molar-refractivity contribution in [2.24, 2.45) is 0 Å². The van der Waals surface area contributed by atoms with Gasteiger partial charge in [0.05, 0.1) is 20.8 Å². The summed E-state index contributed by atoms with van der Waals surface area (Å²) in [5.74, 6) is 1.29. The van der Waals surface area contributed by atoms with Crippen LogP contribution in [0.3, 0.4) is 0 Å². The van der Waals surface area contributed by atoms with E-state index in [1.54, 1.807) is 32.4 Å².